The summed E-state index contributed by atoms with van der Waals surface area (Å²) in [5, 5.41) is 6.59. The summed E-state index contributed by atoms with van der Waals surface area (Å²) in [6.45, 7) is 1.44. The van der Waals surface area contributed by atoms with E-state index in [9.17, 15) is 9.59 Å². The first-order valence-electron chi connectivity index (χ1n) is 8.69. The predicted molar refractivity (Wildman–Crippen MR) is 109 cm³/mol. The molecular weight excluding hydrogens is 354 g/mol. The van der Waals surface area contributed by atoms with Gasteiger partial charge in [-0.25, -0.2) is 4.98 Å². The highest BCUT2D eigenvalue weighted by Crippen LogP contribution is 2.20. The highest BCUT2D eigenvalue weighted by Gasteiger charge is 2.10. The van der Waals surface area contributed by atoms with Crippen LogP contribution in [0.15, 0.2) is 77.7 Å². The van der Waals surface area contributed by atoms with Crippen molar-refractivity contribution in [2.24, 2.45) is 0 Å². The molecule has 2 N–H and O–H groups in total. The summed E-state index contributed by atoms with van der Waals surface area (Å²) < 4.78 is 1.50. The molecule has 7 heteroatoms. The molecule has 2 heterocycles. The molecule has 0 aliphatic heterocycles. The van der Waals surface area contributed by atoms with Gasteiger partial charge >= 0.3 is 0 Å². The number of rotatable bonds is 4. The van der Waals surface area contributed by atoms with Crippen molar-refractivity contribution in [2.45, 2.75) is 6.92 Å². The summed E-state index contributed by atoms with van der Waals surface area (Å²) in [6.07, 6.45) is 1.67. The number of nitrogens with zero attached hydrogens (tertiary/aromatic N) is 3. The second-order valence-corrected chi connectivity index (χ2v) is 6.20. The zero-order valence-corrected chi connectivity index (χ0v) is 15.1. The summed E-state index contributed by atoms with van der Waals surface area (Å²) in [5.74, 6) is 0.204. The molecule has 4 rings (SSSR count). The van der Waals surface area contributed by atoms with Crippen LogP contribution in [-0.4, -0.2) is 20.4 Å². The smallest absolute Gasteiger partial charge is 0.256 e. The lowest BCUT2D eigenvalue weighted by molar-refractivity contribution is -0.114. The van der Waals surface area contributed by atoms with Crippen LogP contribution >= 0.6 is 0 Å². The van der Waals surface area contributed by atoms with Gasteiger partial charge < -0.3 is 10.6 Å². The lowest BCUT2D eigenvalue weighted by atomic mass is 10.2. The van der Waals surface area contributed by atoms with Gasteiger partial charge in [-0.1, -0.05) is 24.3 Å². The van der Waals surface area contributed by atoms with Crippen molar-refractivity contribution in [1.82, 2.24) is 14.5 Å². The largest absolute Gasteiger partial charge is 0.326 e. The Morgan fingerprint density at radius 1 is 0.964 bits per heavy atom. The maximum atomic E-state index is 12.6. The molecule has 0 aliphatic rings. The van der Waals surface area contributed by atoms with E-state index in [0.717, 1.165) is 11.1 Å². The third kappa shape index (κ3) is 3.59. The van der Waals surface area contributed by atoms with Crippen LogP contribution in [-0.2, 0) is 4.79 Å². The zero-order chi connectivity index (χ0) is 19.5. The van der Waals surface area contributed by atoms with Gasteiger partial charge in [-0.05, 0) is 36.4 Å². The number of carbonyl (C=O) groups excluding carboxylic acids is 1. The number of carbonyl (C=O) groups is 1. The summed E-state index contributed by atoms with van der Waals surface area (Å²) in [4.78, 5) is 32.9. The number of aromatic nitrogens is 3. The van der Waals surface area contributed by atoms with Crippen LogP contribution < -0.4 is 16.2 Å². The van der Waals surface area contributed by atoms with Crippen LogP contribution in [0.25, 0.3) is 16.7 Å². The number of para-hydroxylation sites is 1. The summed E-state index contributed by atoms with van der Waals surface area (Å²) in [5.41, 5.74) is 2.30. The summed E-state index contributed by atoms with van der Waals surface area (Å²) >= 11 is 0. The molecule has 0 atom stereocenters. The maximum Gasteiger partial charge on any atom is 0.256 e. The van der Waals surface area contributed by atoms with Crippen molar-refractivity contribution in [3.8, 4) is 5.69 Å². The normalized spacial score (nSPS) is 10.6. The summed E-state index contributed by atoms with van der Waals surface area (Å²) in [6, 6.07) is 19.8. The Hall–Kier alpha value is -4.00. The van der Waals surface area contributed by atoms with Gasteiger partial charge in [-0.15, -0.1) is 0 Å². The third-order valence-corrected chi connectivity index (χ3v) is 4.09. The number of pyridine rings is 1. The average molecular weight is 371 g/mol. The van der Waals surface area contributed by atoms with Crippen molar-refractivity contribution in [2.75, 3.05) is 10.6 Å². The minimum atomic E-state index is -0.225. The molecule has 0 spiro atoms. The standard InChI is InChI=1S/C21H17N5O2/c1-14(27)23-17-8-5-9-18(12-17)26-19(28)11-10-15-13-22-21(25-20(15)26)24-16-6-3-2-4-7-16/h2-13H,1H3,(H,23,27)(H,22,24,25). The Labute approximate surface area is 160 Å². The molecule has 2 aromatic heterocycles. The SMILES string of the molecule is CC(=O)Nc1cccc(-n2c(=O)ccc3cnc(Nc4ccccc4)nc32)c1. The van der Waals surface area contributed by atoms with Crippen molar-refractivity contribution in [3.05, 3.63) is 83.3 Å². The first kappa shape index (κ1) is 17.4. The second kappa shape index (κ2) is 7.32. The van der Waals surface area contributed by atoms with E-state index in [-0.39, 0.29) is 11.5 Å². The molecule has 0 saturated heterocycles. The number of hydrogen-bond acceptors (Lipinski definition) is 5. The van der Waals surface area contributed by atoms with E-state index in [1.54, 1.807) is 36.5 Å². The molecule has 0 saturated carbocycles. The van der Waals surface area contributed by atoms with E-state index in [4.69, 9.17) is 0 Å². The van der Waals surface area contributed by atoms with Crippen LogP contribution in [0.2, 0.25) is 0 Å². The number of anilines is 3. The highest BCUT2D eigenvalue weighted by atomic mass is 16.1. The van der Waals surface area contributed by atoms with E-state index >= 15 is 0 Å². The van der Waals surface area contributed by atoms with Crippen LogP contribution in [0.4, 0.5) is 17.3 Å². The highest BCUT2D eigenvalue weighted by molar-refractivity contribution is 5.89. The zero-order valence-electron chi connectivity index (χ0n) is 15.1. The van der Waals surface area contributed by atoms with Crippen LogP contribution in [0.1, 0.15) is 6.92 Å². The monoisotopic (exact) mass is 371 g/mol. The fourth-order valence-electron chi connectivity index (χ4n) is 2.91. The Morgan fingerprint density at radius 2 is 1.75 bits per heavy atom. The lowest BCUT2D eigenvalue weighted by Gasteiger charge is -2.12. The van der Waals surface area contributed by atoms with Gasteiger partial charge in [0.25, 0.3) is 5.56 Å². The van der Waals surface area contributed by atoms with Gasteiger partial charge in [-0.3, -0.25) is 14.2 Å². The lowest BCUT2D eigenvalue weighted by Crippen LogP contribution is -2.19. The van der Waals surface area contributed by atoms with Crippen LogP contribution in [0, 0.1) is 0 Å². The van der Waals surface area contributed by atoms with Gasteiger partial charge in [0.2, 0.25) is 11.9 Å². The molecule has 0 unspecified atom stereocenters. The van der Waals surface area contributed by atoms with E-state index in [0.29, 0.717) is 23.0 Å². The number of benzene rings is 2. The molecule has 28 heavy (non-hydrogen) atoms. The van der Waals surface area contributed by atoms with E-state index in [1.807, 2.05) is 30.3 Å². The van der Waals surface area contributed by atoms with Crippen molar-refractivity contribution in [3.63, 3.8) is 0 Å². The van der Waals surface area contributed by atoms with Gasteiger partial charge in [0.15, 0.2) is 5.65 Å². The molecule has 4 aromatic rings. The van der Waals surface area contributed by atoms with Crippen LogP contribution in [0.3, 0.4) is 0 Å². The summed E-state index contributed by atoms with van der Waals surface area (Å²) in [7, 11) is 0. The Kier molecular flexibility index (Phi) is 4.55. The first-order valence-corrected chi connectivity index (χ1v) is 8.69. The minimum Gasteiger partial charge on any atom is -0.326 e. The molecular formula is C21H17N5O2. The molecule has 2 aromatic carbocycles. The van der Waals surface area contributed by atoms with Gasteiger partial charge in [0.05, 0.1) is 5.69 Å². The molecule has 0 aliphatic carbocycles. The quantitative estimate of drug-likeness (QED) is 0.573. The molecule has 0 radical (unpaired) electrons. The van der Waals surface area contributed by atoms with Crippen LogP contribution in [0.5, 0.6) is 0 Å². The molecule has 138 valence electrons. The topological polar surface area (TPSA) is 88.9 Å². The van der Waals surface area contributed by atoms with E-state index < -0.39 is 0 Å². The van der Waals surface area contributed by atoms with Crippen molar-refractivity contribution < 1.29 is 4.79 Å². The minimum absolute atomic E-state index is 0.181. The van der Waals surface area contributed by atoms with Crippen molar-refractivity contribution >= 4 is 34.3 Å². The molecule has 0 bridgehead atoms. The molecule has 7 nitrogen and oxygen atoms in total. The number of nitrogens with one attached hydrogen (secondary N) is 2. The Morgan fingerprint density at radius 3 is 2.54 bits per heavy atom. The van der Waals surface area contributed by atoms with Gasteiger partial charge in [0, 0.05) is 35.9 Å². The number of amides is 1. The third-order valence-electron chi connectivity index (χ3n) is 4.09. The van der Waals surface area contributed by atoms with Gasteiger partial charge in [0.1, 0.15) is 0 Å². The number of hydrogen-bond donors (Lipinski definition) is 2. The van der Waals surface area contributed by atoms with E-state index in [1.165, 1.54) is 17.6 Å². The van der Waals surface area contributed by atoms with Crippen molar-refractivity contribution in [1.29, 1.82) is 0 Å². The fourth-order valence-corrected chi connectivity index (χ4v) is 2.91. The average Bonchev–Trinajstić information content (AvgIpc) is 2.68. The first-order chi connectivity index (χ1) is 13.6. The molecule has 1 amide bonds. The maximum absolute atomic E-state index is 12.6. The number of fused-ring (bicyclic) bond motifs is 1. The molecule has 0 fully saturated rings. The second-order valence-electron chi connectivity index (χ2n) is 6.20. The Balaban J connectivity index is 1.83. The predicted octanol–water partition coefficient (Wildman–Crippen LogP) is 3.48. The van der Waals surface area contributed by atoms with Gasteiger partial charge in [-0.2, -0.15) is 4.98 Å². The fraction of sp³-hybridized carbons (Fsp3) is 0.0476. The van der Waals surface area contributed by atoms with E-state index in [2.05, 4.69) is 20.6 Å². The Bertz CT molecular complexity index is 1220.